The fraction of sp³-hybridized carbons (Fsp3) is 0.417. The van der Waals surface area contributed by atoms with Crippen molar-refractivity contribution < 1.29 is 19.0 Å². The summed E-state index contributed by atoms with van der Waals surface area (Å²) in [6, 6.07) is 7.04. The number of urea groups is 1. The Hall–Kier alpha value is -3.82. The predicted molar refractivity (Wildman–Crippen MR) is 128 cm³/mol. The van der Waals surface area contributed by atoms with Gasteiger partial charge in [-0.05, 0) is 37.8 Å². The molecule has 0 bridgehead atoms. The molecule has 1 unspecified atom stereocenters. The van der Waals surface area contributed by atoms with Gasteiger partial charge >= 0.3 is 6.03 Å². The standard InChI is InChI=1S/C24H28N6O4/c1-32-20-10-18-19(11-21(20)33-2)26-14-27-23(18)30-9-8-16(13-30)29-24(31)28-15-6-7-22(25-12-15)34-17-4-3-5-17/h6-7,10-12,14,16-17H,3-5,8-9,13H2,1-2H3,(H2,28,29,31). The maximum absolute atomic E-state index is 12.5. The zero-order chi connectivity index (χ0) is 23.5. The average Bonchev–Trinajstić information content (AvgIpc) is 3.29. The van der Waals surface area contributed by atoms with Gasteiger partial charge in [0, 0.05) is 36.7 Å². The predicted octanol–water partition coefficient (Wildman–Crippen LogP) is 3.37. The molecule has 1 aliphatic carbocycles. The van der Waals surface area contributed by atoms with Gasteiger partial charge in [-0.2, -0.15) is 0 Å². The number of carbonyl (C=O) groups excluding carboxylic acids is 1. The molecule has 2 aromatic heterocycles. The first-order valence-electron chi connectivity index (χ1n) is 11.4. The summed E-state index contributed by atoms with van der Waals surface area (Å²) in [5.41, 5.74) is 1.39. The zero-order valence-electron chi connectivity index (χ0n) is 19.3. The van der Waals surface area contributed by atoms with Crippen molar-refractivity contribution in [1.82, 2.24) is 20.3 Å². The topological polar surface area (TPSA) is 111 Å². The average molecular weight is 465 g/mol. The number of pyridine rings is 1. The van der Waals surface area contributed by atoms with E-state index in [9.17, 15) is 4.79 Å². The van der Waals surface area contributed by atoms with E-state index in [0.29, 0.717) is 29.6 Å². The summed E-state index contributed by atoms with van der Waals surface area (Å²) in [6.45, 7) is 1.40. The third kappa shape index (κ3) is 4.61. The van der Waals surface area contributed by atoms with Gasteiger partial charge in [0.15, 0.2) is 11.5 Å². The Labute approximate surface area is 197 Å². The first kappa shape index (κ1) is 22.0. The molecule has 3 heterocycles. The van der Waals surface area contributed by atoms with E-state index in [1.807, 2.05) is 12.1 Å². The number of hydrogen-bond acceptors (Lipinski definition) is 8. The maximum atomic E-state index is 12.5. The van der Waals surface area contributed by atoms with Crippen molar-refractivity contribution in [1.29, 1.82) is 0 Å². The van der Waals surface area contributed by atoms with Crippen LogP contribution in [0.1, 0.15) is 25.7 Å². The number of amides is 2. The Morgan fingerprint density at radius 2 is 1.88 bits per heavy atom. The van der Waals surface area contributed by atoms with E-state index in [1.165, 1.54) is 6.42 Å². The van der Waals surface area contributed by atoms with E-state index < -0.39 is 0 Å². The third-order valence-electron chi connectivity index (χ3n) is 6.28. The molecule has 2 aliphatic rings. The van der Waals surface area contributed by atoms with Crippen molar-refractivity contribution in [2.24, 2.45) is 0 Å². The van der Waals surface area contributed by atoms with Crippen LogP contribution in [0.2, 0.25) is 0 Å². The molecule has 1 aromatic carbocycles. The minimum Gasteiger partial charge on any atom is -0.493 e. The lowest BCUT2D eigenvalue weighted by atomic mass is 9.96. The molecule has 1 saturated carbocycles. The van der Waals surface area contributed by atoms with Crippen LogP contribution in [-0.2, 0) is 0 Å². The highest BCUT2D eigenvalue weighted by Gasteiger charge is 2.27. The molecular weight excluding hydrogens is 436 g/mol. The minimum atomic E-state index is -0.264. The quantitative estimate of drug-likeness (QED) is 0.548. The van der Waals surface area contributed by atoms with Crippen molar-refractivity contribution in [2.75, 3.05) is 37.5 Å². The minimum absolute atomic E-state index is 0.0145. The summed E-state index contributed by atoms with van der Waals surface area (Å²) in [7, 11) is 3.20. The van der Waals surface area contributed by atoms with Gasteiger partial charge in [0.1, 0.15) is 18.2 Å². The van der Waals surface area contributed by atoms with Crippen LogP contribution in [0, 0.1) is 0 Å². The second-order valence-corrected chi connectivity index (χ2v) is 8.51. The molecule has 5 rings (SSSR count). The van der Waals surface area contributed by atoms with E-state index in [2.05, 4.69) is 30.5 Å². The molecule has 10 nitrogen and oxygen atoms in total. The number of carbonyl (C=O) groups is 1. The molecule has 2 N–H and O–H groups in total. The van der Waals surface area contributed by atoms with Crippen molar-refractivity contribution in [3.05, 3.63) is 36.8 Å². The first-order valence-corrected chi connectivity index (χ1v) is 11.4. The molecule has 2 fully saturated rings. The van der Waals surface area contributed by atoms with Crippen LogP contribution < -0.4 is 29.7 Å². The van der Waals surface area contributed by atoms with Gasteiger partial charge in [-0.15, -0.1) is 0 Å². The van der Waals surface area contributed by atoms with Gasteiger partial charge in [0.2, 0.25) is 5.88 Å². The highest BCUT2D eigenvalue weighted by atomic mass is 16.5. The lowest BCUT2D eigenvalue weighted by Gasteiger charge is -2.25. The van der Waals surface area contributed by atoms with E-state index >= 15 is 0 Å². The molecule has 178 valence electrons. The van der Waals surface area contributed by atoms with Crippen LogP contribution in [0.5, 0.6) is 17.4 Å². The number of nitrogens with zero attached hydrogens (tertiary/aromatic N) is 4. The summed E-state index contributed by atoms with van der Waals surface area (Å²) in [5.74, 6) is 2.64. The number of fused-ring (bicyclic) bond motifs is 1. The summed E-state index contributed by atoms with van der Waals surface area (Å²) < 4.78 is 16.6. The van der Waals surface area contributed by atoms with E-state index in [1.54, 1.807) is 38.9 Å². The van der Waals surface area contributed by atoms with Gasteiger partial charge in [-0.1, -0.05) is 0 Å². The van der Waals surface area contributed by atoms with E-state index in [4.69, 9.17) is 14.2 Å². The largest absolute Gasteiger partial charge is 0.493 e. The van der Waals surface area contributed by atoms with Crippen molar-refractivity contribution in [3.8, 4) is 17.4 Å². The molecule has 34 heavy (non-hydrogen) atoms. The Bertz CT molecular complexity index is 1170. The van der Waals surface area contributed by atoms with E-state index in [0.717, 1.165) is 42.5 Å². The smallest absolute Gasteiger partial charge is 0.319 e. The second kappa shape index (κ2) is 9.58. The summed E-state index contributed by atoms with van der Waals surface area (Å²) in [5, 5.41) is 6.76. The highest BCUT2D eigenvalue weighted by Crippen LogP contribution is 2.35. The third-order valence-corrected chi connectivity index (χ3v) is 6.28. The van der Waals surface area contributed by atoms with Crippen LogP contribution in [0.15, 0.2) is 36.8 Å². The maximum Gasteiger partial charge on any atom is 0.319 e. The van der Waals surface area contributed by atoms with Crippen LogP contribution >= 0.6 is 0 Å². The summed E-state index contributed by atoms with van der Waals surface area (Å²) >= 11 is 0. The molecule has 2 amide bonds. The number of rotatable bonds is 7. The highest BCUT2D eigenvalue weighted by molar-refractivity contribution is 5.92. The van der Waals surface area contributed by atoms with Crippen LogP contribution in [0.3, 0.4) is 0 Å². The molecule has 3 aromatic rings. The normalized spacial score (nSPS) is 17.8. The number of benzene rings is 1. The summed E-state index contributed by atoms with van der Waals surface area (Å²) in [4.78, 5) is 27.9. The Kier molecular flexibility index (Phi) is 6.20. The molecular formula is C24H28N6O4. The number of hydrogen-bond donors (Lipinski definition) is 2. The number of nitrogens with one attached hydrogen (secondary N) is 2. The van der Waals surface area contributed by atoms with Gasteiger partial charge in [-0.3, -0.25) is 0 Å². The van der Waals surface area contributed by atoms with Crippen molar-refractivity contribution >= 4 is 28.4 Å². The molecule has 0 radical (unpaired) electrons. The molecule has 1 saturated heterocycles. The van der Waals surface area contributed by atoms with E-state index in [-0.39, 0.29) is 18.2 Å². The lowest BCUT2D eigenvalue weighted by Crippen LogP contribution is -2.39. The van der Waals surface area contributed by atoms with Gasteiger partial charge in [0.25, 0.3) is 0 Å². The molecule has 0 spiro atoms. The fourth-order valence-corrected chi connectivity index (χ4v) is 4.23. The Balaban J connectivity index is 1.20. The molecule has 1 aliphatic heterocycles. The number of anilines is 2. The molecule has 10 heteroatoms. The van der Waals surface area contributed by atoms with Crippen molar-refractivity contribution in [2.45, 2.75) is 37.8 Å². The van der Waals surface area contributed by atoms with Crippen LogP contribution in [-0.4, -0.2) is 60.4 Å². The monoisotopic (exact) mass is 464 g/mol. The van der Waals surface area contributed by atoms with Crippen molar-refractivity contribution in [3.63, 3.8) is 0 Å². The van der Waals surface area contributed by atoms with Gasteiger partial charge in [-0.25, -0.2) is 19.7 Å². The number of ether oxygens (including phenoxy) is 3. The first-order chi connectivity index (χ1) is 16.6. The summed E-state index contributed by atoms with van der Waals surface area (Å²) in [6.07, 6.45) is 7.60. The second-order valence-electron chi connectivity index (χ2n) is 8.51. The van der Waals surface area contributed by atoms with Gasteiger partial charge < -0.3 is 29.7 Å². The number of methoxy groups -OCH3 is 2. The molecule has 1 atom stereocenters. The van der Waals surface area contributed by atoms with Gasteiger partial charge in [0.05, 0.1) is 31.6 Å². The van der Waals surface area contributed by atoms with Crippen LogP contribution in [0.4, 0.5) is 16.3 Å². The lowest BCUT2D eigenvalue weighted by molar-refractivity contribution is 0.114. The fourth-order valence-electron chi connectivity index (χ4n) is 4.23. The van der Waals surface area contributed by atoms with Crippen LogP contribution in [0.25, 0.3) is 10.9 Å². The number of aromatic nitrogens is 3. The zero-order valence-corrected chi connectivity index (χ0v) is 19.3. The Morgan fingerprint density at radius 3 is 2.59 bits per heavy atom. The SMILES string of the molecule is COc1cc2ncnc(N3CCC(NC(=O)Nc4ccc(OC5CCC5)nc4)C3)c2cc1OC. The Morgan fingerprint density at radius 1 is 1.06 bits per heavy atom.